The maximum Gasteiger partial charge on any atom is 0.164 e. The van der Waals surface area contributed by atoms with Gasteiger partial charge in [-0.3, -0.25) is 0 Å². The molecule has 0 heterocycles. The minimum Gasteiger partial charge on any atom is -0.384 e. The van der Waals surface area contributed by atoms with Crippen molar-refractivity contribution in [2.24, 2.45) is 5.41 Å². The van der Waals surface area contributed by atoms with Gasteiger partial charge < -0.3 is 5.11 Å². The SMILES string of the molecule is CC(O)(c1cccc(F)c1F)C1(C#N)CCC1. The maximum atomic E-state index is 13.7. The lowest BCUT2D eigenvalue weighted by molar-refractivity contribution is -0.0883. The molecule has 0 aliphatic heterocycles. The van der Waals surface area contributed by atoms with Gasteiger partial charge in [0.05, 0.1) is 11.5 Å². The zero-order valence-corrected chi connectivity index (χ0v) is 9.50. The number of rotatable bonds is 2. The van der Waals surface area contributed by atoms with Crippen molar-refractivity contribution in [1.82, 2.24) is 0 Å². The van der Waals surface area contributed by atoms with Crippen molar-refractivity contribution in [3.8, 4) is 6.07 Å². The van der Waals surface area contributed by atoms with Crippen molar-refractivity contribution in [3.63, 3.8) is 0 Å². The quantitative estimate of drug-likeness (QED) is 0.859. The van der Waals surface area contributed by atoms with Crippen LogP contribution in [-0.2, 0) is 5.60 Å². The van der Waals surface area contributed by atoms with Crippen molar-refractivity contribution in [1.29, 1.82) is 5.26 Å². The monoisotopic (exact) mass is 237 g/mol. The van der Waals surface area contributed by atoms with E-state index < -0.39 is 22.7 Å². The molecule has 2 nitrogen and oxygen atoms in total. The van der Waals surface area contributed by atoms with Crippen LogP contribution in [0.15, 0.2) is 18.2 Å². The predicted molar refractivity (Wildman–Crippen MR) is 57.8 cm³/mol. The molecule has 0 amide bonds. The van der Waals surface area contributed by atoms with Gasteiger partial charge in [0.1, 0.15) is 5.60 Å². The molecule has 1 fully saturated rings. The summed E-state index contributed by atoms with van der Waals surface area (Å²) < 4.78 is 26.8. The molecule has 1 aromatic carbocycles. The molecule has 17 heavy (non-hydrogen) atoms. The Labute approximate surface area is 98.5 Å². The first kappa shape index (κ1) is 12.0. The number of hydrogen-bond donors (Lipinski definition) is 1. The summed E-state index contributed by atoms with van der Waals surface area (Å²) in [4.78, 5) is 0. The van der Waals surface area contributed by atoms with Gasteiger partial charge in [0.2, 0.25) is 0 Å². The second kappa shape index (κ2) is 3.78. The van der Waals surface area contributed by atoms with Crippen LogP contribution in [0.25, 0.3) is 0 Å². The Kier molecular flexibility index (Phi) is 2.67. The fourth-order valence-electron chi connectivity index (χ4n) is 2.38. The van der Waals surface area contributed by atoms with Gasteiger partial charge in [-0.2, -0.15) is 5.26 Å². The Morgan fingerprint density at radius 1 is 1.41 bits per heavy atom. The number of nitriles is 1. The van der Waals surface area contributed by atoms with E-state index in [9.17, 15) is 13.9 Å². The van der Waals surface area contributed by atoms with E-state index in [1.54, 1.807) is 0 Å². The number of aliphatic hydroxyl groups is 1. The van der Waals surface area contributed by atoms with E-state index in [2.05, 4.69) is 6.07 Å². The van der Waals surface area contributed by atoms with Crippen LogP contribution in [0.1, 0.15) is 31.7 Å². The van der Waals surface area contributed by atoms with E-state index in [-0.39, 0.29) is 5.56 Å². The smallest absolute Gasteiger partial charge is 0.164 e. The lowest BCUT2D eigenvalue weighted by atomic mass is 9.58. The third-order valence-electron chi connectivity index (χ3n) is 3.83. The Hall–Kier alpha value is -1.47. The lowest BCUT2D eigenvalue weighted by Crippen LogP contribution is -2.48. The third-order valence-corrected chi connectivity index (χ3v) is 3.83. The summed E-state index contributed by atoms with van der Waals surface area (Å²) in [6.07, 6.45) is 1.83. The van der Waals surface area contributed by atoms with Crippen LogP contribution in [0.3, 0.4) is 0 Å². The molecule has 1 aromatic rings. The fourth-order valence-corrected chi connectivity index (χ4v) is 2.38. The molecular formula is C13H13F2NO. The molecule has 1 unspecified atom stereocenters. The third kappa shape index (κ3) is 1.54. The first-order valence-electron chi connectivity index (χ1n) is 5.53. The maximum absolute atomic E-state index is 13.7. The van der Waals surface area contributed by atoms with Crippen molar-refractivity contribution >= 4 is 0 Å². The van der Waals surface area contributed by atoms with E-state index in [4.69, 9.17) is 5.26 Å². The van der Waals surface area contributed by atoms with Gasteiger partial charge in [-0.05, 0) is 25.8 Å². The zero-order chi connectivity index (χ0) is 12.7. The summed E-state index contributed by atoms with van der Waals surface area (Å²) in [6, 6.07) is 5.72. The predicted octanol–water partition coefficient (Wildman–Crippen LogP) is 2.87. The van der Waals surface area contributed by atoms with Crippen molar-refractivity contribution in [2.45, 2.75) is 31.8 Å². The Balaban J connectivity index is 2.52. The molecule has 1 saturated carbocycles. The van der Waals surface area contributed by atoms with E-state index >= 15 is 0 Å². The molecule has 0 radical (unpaired) electrons. The first-order valence-corrected chi connectivity index (χ1v) is 5.53. The standard InChI is InChI=1S/C13H13F2NO/c1-12(17,13(8-16)6-3-7-13)9-4-2-5-10(14)11(9)15/h2,4-5,17H,3,6-7H2,1H3. The topological polar surface area (TPSA) is 44.0 Å². The Bertz CT molecular complexity index is 487. The molecule has 0 bridgehead atoms. The van der Waals surface area contributed by atoms with Gasteiger partial charge in [-0.1, -0.05) is 18.6 Å². The van der Waals surface area contributed by atoms with Gasteiger partial charge in [-0.15, -0.1) is 0 Å². The van der Waals surface area contributed by atoms with Crippen LogP contribution >= 0.6 is 0 Å². The fraction of sp³-hybridized carbons (Fsp3) is 0.462. The molecule has 0 spiro atoms. The molecule has 90 valence electrons. The molecule has 1 aliphatic carbocycles. The summed E-state index contributed by atoms with van der Waals surface area (Å²) in [5.41, 5.74) is -2.80. The molecule has 1 N–H and O–H groups in total. The molecule has 0 aromatic heterocycles. The number of nitrogens with zero attached hydrogens (tertiary/aromatic N) is 1. The van der Waals surface area contributed by atoms with E-state index in [1.807, 2.05) is 0 Å². The van der Waals surface area contributed by atoms with Gasteiger partial charge in [0.15, 0.2) is 11.6 Å². The normalized spacial score (nSPS) is 21.1. The van der Waals surface area contributed by atoms with E-state index in [0.717, 1.165) is 12.5 Å². The van der Waals surface area contributed by atoms with Crippen LogP contribution in [0.2, 0.25) is 0 Å². The molecule has 1 aliphatic rings. The highest BCUT2D eigenvalue weighted by Crippen LogP contribution is 2.53. The van der Waals surface area contributed by atoms with E-state index in [1.165, 1.54) is 19.1 Å². The zero-order valence-electron chi connectivity index (χ0n) is 9.50. The summed E-state index contributed by atoms with van der Waals surface area (Å²) in [7, 11) is 0. The van der Waals surface area contributed by atoms with Gasteiger partial charge in [-0.25, -0.2) is 8.78 Å². The minimum absolute atomic E-state index is 0.140. The molecular weight excluding hydrogens is 224 g/mol. The van der Waals surface area contributed by atoms with Crippen LogP contribution < -0.4 is 0 Å². The first-order chi connectivity index (χ1) is 7.94. The number of hydrogen-bond acceptors (Lipinski definition) is 2. The average molecular weight is 237 g/mol. The molecule has 2 rings (SSSR count). The molecule has 4 heteroatoms. The van der Waals surface area contributed by atoms with Gasteiger partial charge in [0, 0.05) is 5.56 Å². The Morgan fingerprint density at radius 3 is 2.53 bits per heavy atom. The summed E-state index contributed by atoms with van der Waals surface area (Å²) in [5, 5.41) is 19.6. The van der Waals surface area contributed by atoms with Crippen LogP contribution in [0.5, 0.6) is 0 Å². The van der Waals surface area contributed by atoms with Crippen molar-refractivity contribution in [2.75, 3.05) is 0 Å². The van der Waals surface area contributed by atoms with Crippen LogP contribution in [0.4, 0.5) is 8.78 Å². The number of benzene rings is 1. The summed E-state index contributed by atoms with van der Waals surface area (Å²) in [6.45, 7) is 1.38. The molecule has 0 saturated heterocycles. The van der Waals surface area contributed by atoms with Gasteiger partial charge >= 0.3 is 0 Å². The van der Waals surface area contributed by atoms with Crippen molar-refractivity contribution < 1.29 is 13.9 Å². The minimum atomic E-state index is -1.66. The highest BCUT2D eigenvalue weighted by atomic mass is 19.2. The second-order valence-corrected chi connectivity index (χ2v) is 4.72. The second-order valence-electron chi connectivity index (χ2n) is 4.72. The van der Waals surface area contributed by atoms with E-state index in [0.29, 0.717) is 12.8 Å². The summed E-state index contributed by atoms with van der Waals surface area (Å²) in [5.74, 6) is -2.07. The van der Waals surface area contributed by atoms with Crippen molar-refractivity contribution in [3.05, 3.63) is 35.4 Å². The highest BCUT2D eigenvalue weighted by molar-refractivity contribution is 5.31. The lowest BCUT2D eigenvalue weighted by Gasteiger charge is -2.46. The highest BCUT2D eigenvalue weighted by Gasteiger charge is 2.54. The average Bonchev–Trinajstić information content (AvgIpc) is 2.20. The summed E-state index contributed by atoms with van der Waals surface area (Å²) >= 11 is 0. The van der Waals surface area contributed by atoms with Gasteiger partial charge in [0.25, 0.3) is 0 Å². The van der Waals surface area contributed by atoms with Crippen LogP contribution in [-0.4, -0.2) is 5.11 Å². The largest absolute Gasteiger partial charge is 0.384 e. The van der Waals surface area contributed by atoms with Crippen LogP contribution in [0, 0.1) is 28.4 Å². The number of halogens is 2. The Morgan fingerprint density at radius 2 is 2.06 bits per heavy atom. The molecule has 1 atom stereocenters.